The van der Waals surface area contributed by atoms with Crippen molar-refractivity contribution in [3.8, 4) is 0 Å². The molecule has 0 aliphatic carbocycles. The number of hydrogen-bond acceptors (Lipinski definition) is 4. The minimum absolute atomic E-state index is 0.107. The fourth-order valence-corrected chi connectivity index (χ4v) is 1.25. The normalized spacial score (nSPS) is 15.1. The van der Waals surface area contributed by atoms with Crippen molar-refractivity contribution < 1.29 is 15.3 Å². The van der Waals surface area contributed by atoms with Gasteiger partial charge in [-0.05, 0) is 18.6 Å². The van der Waals surface area contributed by atoms with Gasteiger partial charge in [-0.3, -0.25) is 0 Å². The van der Waals surface area contributed by atoms with Gasteiger partial charge in [-0.25, -0.2) is 4.98 Å². The third-order valence-electron chi connectivity index (χ3n) is 1.83. The monoisotopic (exact) mass is 217 g/mol. The summed E-state index contributed by atoms with van der Waals surface area (Å²) < 4.78 is 0. The van der Waals surface area contributed by atoms with E-state index in [-0.39, 0.29) is 18.2 Å². The molecule has 4 nitrogen and oxygen atoms in total. The van der Waals surface area contributed by atoms with Crippen LogP contribution in [0.25, 0.3) is 0 Å². The number of aliphatic hydroxyl groups is 3. The van der Waals surface area contributed by atoms with Crippen LogP contribution in [0.2, 0.25) is 5.15 Å². The number of nitrogens with zero attached hydrogens (tertiary/aromatic N) is 1. The van der Waals surface area contributed by atoms with Gasteiger partial charge in [0.15, 0.2) is 0 Å². The Kier molecular flexibility index (Phi) is 4.28. The maximum Gasteiger partial charge on any atom is 0.129 e. The zero-order chi connectivity index (χ0) is 10.6. The van der Waals surface area contributed by atoms with E-state index in [0.717, 1.165) is 0 Å². The van der Waals surface area contributed by atoms with Gasteiger partial charge in [-0.1, -0.05) is 17.7 Å². The van der Waals surface area contributed by atoms with Crippen molar-refractivity contribution >= 4 is 11.6 Å². The zero-order valence-corrected chi connectivity index (χ0v) is 8.22. The van der Waals surface area contributed by atoms with Crippen molar-refractivity contribution in [3.05, 3.63) is 29.0 Å². The van der Waals surface area contributed by atoms with E-state index in [1.807, 2.05) is 0 Å². The molecule has 0 aromatic carbocycles. The van der Waals surface area contributed by atoms with Crippen LogP contribution in [0.3, 0.4) is 0 Å². The number of pyridine rings is 1. The number of aliphatic hydroxyl groups excluding tert-OH is 3. The highest BCUT2D eigenvalue weighted by atomic mass is 35.5. The highest BCUT2D eigenvalue weighted by molar-refractivity contribution is 6.29. The van der Waals surface area contributed by atoms with Crippen LogP contribution in [0.15, 0.2) is 18.2 Å². The lowest BCUT2D eigenvalue weighted by Crippen LogP contribution is -2.20. The van der Waals surface area contributed by atoms with Gasteiger partial charge in [0.05, 0.1) is 11.8 Å². The summed E-state index contributed by atoms with van der Waals surface area (Å²) in [6, 6.07) is 4.78. The van der Waals surface area contributed by atoms with Crippen LogP contribution in [-0.4, -0.2) is 33.0 Å². The van der Waals surface area contributed by atoms with Gasteiger partial charge >= 0.3 is 0 Å². The van der Waals surface area contributed by atoms with Gasteiger partial charge in [0.2, 0.25) is 0 Å². The van der Waals surface area contributed by atoms with Gasteiger partial charge in [-0.15, -0.1) is 0 Å². The Balaban J connectivity index is 2.73. The van der Waals surface area contributed by atoms with Crippen LogP contribution in [0.1, 0.15) is 18.2 Å². The summed E-state index contributed by atoms with van der Waals surface area (Å²) in [7, 11) is 0. The number of rotatable bonds is 4. The molecule has 0 fully saturated rings. The lowest BCUT2D eigenvalue weighted by atomic mass is 10.1. The van der Waals surface area contributed by atoms with Gasteiger partial charge in [0.25, 0.3) is 0 Å². The van der Waals surface area contributed by atoms with Gasteiger partial charge < -0.3 is 15.3 Å². The summed E-state index contributed by atoms with van der Waals surface area (Å²) >= 11 is 5.62. The SMILES string of the molecule is OCCC(O)C(O)c1cccc(Cl)n1. The van der Waals surface area contributed by atoms with Crippen LogP contribution >= 0.6 is 11.6 Å². The summed E-state index contributed by atoms with van der Waals surface area (Å²) in [4.78, 5) is 3.85. The molecule has 0 amide bonds. The first kappa shape index (κ1) is 11.4. The second-order valence-corrected chi connectivity index (χ2v) is 3.30. The molecule has 1 aromatic rings. The van der Waals surface area contributed by atoms with E-state index in [0.29, 0.717) is 5.69 Å². The van der Waals surface area contributed by atoms with Crippen molar-refractivity contribution in [2.45, 2.75) is 18.6 Å². The molecule has 78 valence electrons. The molecule has 1 heterocycles. The van der Waals surface area contributed by atoms with Crippen molar-refractivity contribution in [1.82, 2.24) is 4.98 Å². The van der Waals surface area contributed by atoms with Crippen LogP contribution in [0.5, 0.6) is 0 Å². The molecule has 0 saturated heterocycles. The second kappa shape index (κ2) is 5.26. The Hall–Kier alpha value is -0.680. The van der Waals surface area contributed by atoms with Gasteiger partial charge in [-0.2, -0.15) is 0 Å². The van der Waals surface area contributed by atoms with Crippen molar-refractivity contribution in [1.29, 1.82) is 0 Å². The predicted molar refractivity (Wildman–Crippen MR) is 51.9 cm³/mol. The molecule has 0 aliphatic rings. The molecule has 5 heteroatoms. The first-order valence-corrected chi connectivity index (χ1v) is 4.62. The average Bonchev–Trinajstić information content (AvgIpc) is 2.17. The van der Waals surface area contributed by atoms with E-state index < -0.39 is 12.2 Å². The van der Waals surface area contributed by atoms with Crippen molar-refractivity contribution in [2.75, 3.05) is 6.61 Å². The summed E-state index contributed by atoms with van der Waals surface area (Å²) in [5, 5.41) is 27.8. The highest BCUT2D eigenvalue weighted by Gasteiger charge is 2.18. The molecule has 1 aromatic heterocycles. The molecule has 2 unspecified atom stereocenters. The summed E-state index contributed by atoms with van der Waals surface area (Å²) in [6.45, 7) is -0.182. The van der Waals surface area contributed by atoms with E-state index in [4.69, 9.17) is 16.7 Å². The van der Waals surface area contributed by atoms with Crippen LogP contribution in [0.4, 0.5) is 0 Å². The molecular formula is C9H12ClNO3. The number of halogens is 1. The molecule has 3 N–H and O–H groups in total. The summed E-state index contributed by atoms with van der Waals surface area (Å²) in [5.74, 6) is 0. The highest BCUT2D eigenvalue weighted by Crippen LogP contribution is 2.18. The van der Waals surface area contributed by atoms with Gasteiger partial charge in [0.1, 0.15) is 11.3 Å². The Morgan fingerprint density at radius 1 is 1.36 bits per heavy atom. The maximum absolute atomic E-state index is 9.56. The fraction of sp³-hybridized carbons (Fsp3) is 0.444. The Morgan fingerprint density at radius 3 is 2.64 bits per heavy atom. The molecule has 14 heavy (non-hydrogen) atoms. The maximum atomic E-state index is 9.56. The first-order valence-electron chi connectivity index (χ1n) is 4.24. The van der Waals surface area contributed by atoms with Crippen LogP contribution < -0.4 is 0 Å². The molecule has 1 rings (SSSR count). The third kappa shape index (κ3) is 2.92. The minimum atomic E-state index is -1.11. The fourth-order valence-electron chi connectivity index (χ4n) is 1.08. The van der Waals surface area contributed by atoms with E-state index in [1.165, 1.54) is 0 Å². The second-order valence-electron chi connectivity index (χ2n) is 2.91. The smallest absolute Gasteiger partial charge is 0.129 e. The van der Waals surface area contributed by atoms with Crippen molar-refractivity contribution in [2.24, 2.45) is 0 Å². The molecular weight excluding hydrogens is 206 g/mol. The lowest BCUT2D eigenvalue weighted by molar-refractivity contribution is 0.00193. The van der Waals surface area contributed by atoms with E-state index in [2.05, 4.69) is 4.98 Å². The molecule has 2 atom stereocenters. The minimum Gasteiger partial charge on any atom is -0.396 e. The van der Waals surface area contributed by atoms with E-state index in [1.54, 1.807) is 18.2 Å². The topological polar surface area (TPSA) is 73.6 Å². The molecule has 0 aliphatic heterocycles. The standard InChI is InChI=1S/C9H12ClNO3/c10-8-3-1-2-6(11-8)9(14)7(13)4-5-12/h1-3,7,9,12-14H,4-5H2. The van der Waals surface area contributed by atoms with Crippen LogP contribution in [0, 0.1) is 0 Å². The molecule has 0 radical (unpaired) electrons. The Bertz CT molecular complexity index is 295. The molecule has 0 saturated carbocycles. The third-order valence-corrected chi connectivity index (χ3v) is 2.04. The molecule has 0 bridgehead atoms. The zero-order valence-electron chi connectivity index (χ0n) is 7.47. The molecule has 0 spiro atoms. The van der Waals surface area contributed by atoms with Crippen molar-refractivity contribution in [3.63, 3.8) is 0 Å². The lowest BCUT2D eigenvalue weighted by Gasteiger charge is -2.16. The number of aromatic nitrogens is 1. The predicted octanol–water partition coefficient (Wildman–Crippen LogP) is 0.512. The Labute approximate surface area is 86.8 Å². The summed E-state index contributed by atoms with van der Waals surface area (Å²) in [5.41, 5.74) is 0.304. The van der Waals surface area contributed by atoms with Crippen LogP contribution in [-0.2, 0) is 0 Å². The number of hydrogen-bond donors (Lipinski definition) is 3. The van der Waals surface area contributed by atoms with E-state index >= 15 is 0 Å². The quantitative estimate of drug-likeness (QED) is 0.643. The van der Waals surface area contributed by atoms with Gasteiger partial charge in [0, 0.05) is 6.61 Å². The average molecular weight is 218 g/mol. The summed E-state index contributed by atoms with van der Waals surface area (Å²) in [6.07, 6.45) is -2.03. The Morgan fingerprint density at radius 2 is 2.07 bits per heavy atom. The first-order chi connectivity index (χ1) is 6.65. The van der Waals surface area contributed by atoms with E-state index in [9.17, 15) is 10.2 Å². The largest absolute Gasteiger partial charge is 0.396 e.